The molecule has 1 aromatic carbocycles. The molecule has 0 saturated heterocycles. The van der Waals surface area contributed by atoms with E-state index in [-0.39, 0.29) is 30.5 Å². The van der Waals surface area contributed by atoms with Crippen molar-refractivity contribution in [3.63, 3.8) is 0 Å². The van der Waals surface area contributed by atoms with Crippen LogP contribution in [0.15, 0.2) is 53.2 Å². The Kier molecular flexibility index (Phi) is 6.46. The van der Waals surface area contributed by atoms with E-state index in [1.807, 2.05) is 19.1 Å². The number of nitrogens with one attached hydrogen (secondary N) is 1. The van der Waals surface area contributed by atoms with Gasteiger partial charge in [-0.25, -0.2) is 0 Å². The van der Waals surface area contributed by atoms with Crippen molar-refractivity contribution in [2.45, 2.75) is 20.1 Å². The lowest BCUT2D eigenvalue weighted by Gasteiger charge is -2.06. The number of rotatable bonds is 10. The van der Waals surface area contributed by atoms with E-state index < -0.39 is 4.92 Å². The van der Waals surface area contributed by atoms with E-state index in [1.165, 1.54) is 10.9 Å². The first kappa shape index (κ1) is 19.9. The third kappa shape index (κ3) is 5.58. The largest absolute Gasteiger partial charge is 0.494 e. The molecule has 0 saturated carbocycles. The second kappa shape index (κ2) is 9.40. The lowest BCUT2D eigenvalue weighted by Crippen LogP contribution is -2.27. The molecule has 0 aliphatic carbocycles. The van der Waals surface area contributed by atoms with Gasteiger partial charge < -0.3 is 19.2 Å². The molecule has 10 nitrogen and oxygen atoms in total. The highest BCUT2D eigenvalue weighted by atomic mass is 16.6. The topological polar surface area (TPSA) is 122 Å². The molecule has 1 amide bonds. The maximum atomic E-state index is 12.1. The van der Waals surface area contributed by atoms with Crippen LogP contribution in [0.2, 0.25) is 0 Å². The SMILES string of the molecule is CCOc1ccc(OCc2ccc(C(=O)NCCn3cc([N+](=O)[O-])cn3)o2)cc1. The number of furan rings is 1. The zero-order valence-corrected chi connectivity index (χ0v) is 15.7. The first-order valence-electron chi connectivity index (χ1n) is 8.94. The molecule has 2 aromatic heterocycles. The number of hydrogen-bond acceptors (Lipinski definition) is 7. The van der Waals surface area contributed by atoms with Crippen LogP contribution in [0.5, 0.6) is 11.5 Å². The summed E-state index contributed by atoms with van der Waals surface area (Å²) in [6.07, 6.45) is 2.46. The van der Waals surface area contributed by atoms with Crippen LogP contribution in [0, 0.1) is 10.1 Å². The second-order valence-corrected chi connectivity index (χ2v) is 5.93. The average Bonchev–Trinajstić information content (AvgIpc) is 3.37. The van der Waals surface area contributed by atoms with Crippen molar-refractivity contribution in [2.24, 2.45) is 0 Å². The third-order valence-corrected chi connectivity index (χ3v) is 3.86. The van der Waals surface area contributed by atoms with E-state index in [9.17, 15) is 14.9 Å². The molecule has 152 valence electrons. The summed E-state index contributed by atoms with van der Waals surface area (Å²) in [7, 11) is 0. The first-order chi connectivity index (χ1) is 14.0. The Morgan fingerprint density at radius 3 is 2.59 bits per heavy atom. The average molecular weight is 400 g/mol. The minimum Gasteiger partial charge on any atom is -0.494 e. The number of benzene rings is 1. The van der Waals surface area contributed by atoms with Gasteiger partial charge in [0, 0.05) is 6.54 Å². The zero-order chi connectivity index (χ0) is 20.6. The fraction of sp³-hybridized carbons (Fsp3) is 0.263. The predicted molar refractivity (Wildman–Crippen MR) is 102 cm³/mol. The molecule has 2 heterocycles. The van der Waals surface area contributed by atoms with Gasteiger partial charge in [-0.3, -0.25) is 19.6 Å². The van der Waals surface area contributed by atoms with Gasteiger partial charge in [0.15, 0.2) is 5.76 Å². The zero-order valence-electron chi connectivity index (χ0n) is 15.7. The molecule has 0 spiro atoms. The summed E-state index contributed by atoms with van der Waals surface area (Å²) in [5.41, 5.74) is -0.0977. The molecule has 0 fully saturated rings. The van der Waals surface area contributed by atoms with Crippen molar-refractivity contribution >= 4 is 11.6 Å². The van der Waals surface area contributed by atoms with Crippen LogP contribution in [0.1, 0.15) is 23.2 Å². The van der Waals surface area contributed by atoms with E-state index in [4.69, 9.17) is 13.9 Å². The summed E-state index contributed by atoms with van der Waals surface area (Å²) in [6.45, 7) is 3.24. The Balaban J connectivity index is 1.44. The number of nitro groups is 1. The normalized spacial score (nSPS) is 10.5. The molecule has 0 radical (unpaired) electrons. The minimum atomic E-state index is -0.526. The van der Waals surface area contributed by atoms with Crippen LogP contribution >= 0.6 is 0 Å². The summed E-state index contributed by atoms with van der Waals surface area (Å²) < 4.78 is 17.9. The molecule has 3 aromatic rings. The maximum Gasteiger partial charge on any atom is 0.306 e. The van der Waals surface area contributed by atoms with Crippen molar-refractivity contribution in [3.05, 3.63) is 70.4 Å². The molecule has 29 heavy (non-hydrogen) atoms. The molecule has 1 N–H and O–H groups in total. The third-order valence-electron chi connectivity index (χ3n) is 3.86. The molecular formula is C19H20N4O6. The lowest BCUT2D eigenvalue weighted by molar-refractivity contribution is -0.385. The second-order valence-electron chi connectivity index (χ2n) is 5.93. The Morgan fingerprint density at radius 1 is 1.21 bits per heavy atom. The van der Waals surface area contributed by atoms with Gasteiger partial charge in [0.2, 0.25) is 0 Å². The highest BCUT2D eigenvalue weighted by Crippen LogP contribution is 2.19. The molecule has 0 atom stereocenters. The molecule has 0 bridgehead atoms. The summed E-state index contributed by atoms with van der Waals surface area (Å²) >= 11 is 0. The minimum absolute atomic E-state index is 0.0977. The van der Waals surface area contributed by atoms with E-state index in [2.05, 4.69) is 10.4 Å². The molecule has 0 aliphatic rings. The van der Waals surface area contributed by atoms with Gasteiger partial charge in [-0.1, -0.05) is 0 Å². The summed E-state index contributed by atoms with van der Waals surface area (Å²) in [6, 6.07) is 10.4. The van der Waals surface area contributed by atoms with E-state index in [1.54, 1.807) is 24.3 Å². The maximum absolute atomic E-state index is 12.1. The molecule has 0 unspecified atom stereocenters. The highest BCUT2D eigenvalue weighted by molar-refractivity contribution is 5.91. The van der Waals surface area contributed by atoms with E-state index in [0.29, 0.717) is 24.7 Å². The predicted octanol–water partition coefficient (Wildman–Crippen LogP) is 2.79. The Morgan fingerprint density at radius 2 is 1.93 bits per heavy atom. The van der Waals surface area contributed by atoms with Crippen LogP contribution < -0.4 is 14.8 Å². The van der Waals surface area contributed by atoms with Gasteiger partial charge in [0.1, 0.15) is 36.3 Å². The summed E-state index contributed by atoms with van der Waals surface area (Å²) in [4.78, 5) is 22.2. The summed E-state index contributed by atoms with van der Waals surface area (Å²) in [5, 5.41) is 17.2. The van der Waals surface area contributed by atoms with Gasteiger partial charge in [0.05, 0.1) is 18.1 Å². The number of hydrogen-bond donors (Lipinski definition) is 1. The van der Waals surface area contributed by atoms with E-state index in [0.717, 1.165) is 11.9 Å². The van der Waals surface area contributed by atoms with Crippen LogP contribution in [0.4, 0.5) is 5.69 Å². The molecule has 3 rings (SSSR count). The van der Waals surface area contributed by atoms with Crippen molar-refractivity contribution in [2.75, 3.05) is 13.2 Å². The highest BCUT2D eigenvalue weighted by Gasteiger charge is 2.12. The number of amides is 1. The Bertz CT molecular complexity index is 963. The van der Waals surface area contributed by atoms with Crippen LogP contribution in [-0.4, -0.2) is 33.8 Å². The molecule has 10 heteroatoms. The van der Waals surface area contributed by atoms with Gasteiger partial charge in [-0.2, -0.15) is 5.10 Å². The Hall–Kier alpha value is -3.82. The van der Waals surface area contributed by atoms with Crippen LogP contribution in [0.3, 0.4) is 0 Å². The van der Waals surface area contributed by atoms with E-state index >= 15 is 0 Å². The van der Waals surface area contributed by atoms with Crippen molar-refractivity contribution in [1.29, 1.82) is 0 Å². The number of aromatic nitrogens is 2. The fourth-order valence-corrected chi connectivity index (χ4v) is 2.47. The molecule has 0 aliphatic heterocycles. The van der Waals surface area contributed by atoms with Crippen molar-refractivity contribution < 1.29 is 23.6 Å². The van der Waals surface area contributed by atoms with Crippen molar-refractivity contribution in [1.82, 2.24) is 15.1 Å². The van der Waals surface area contributed by atoms with Crippen molar-refractivity contribution in [3.8, 4) is 11.5 Å². The standard InChI is InChI=1S/C19H20N4O6/c1-2-27-15-3-5-16(6-4-15)28-13-17-7-8-18(29-17)19(24)20-9-10-22-12-14(11-21-22)23(25)26/h3-8,11-12H,2,9-10,13H2,1H3,(H,20,24). The Labute approximate surface area is 166 Å². The number of ether oxygens (including phenoxy) is 2. The molecular weight excluding hydrogens is 380 g/mol. The monoisotopic (exact) mass is 400 g/mol. The lowest BCUT2D eigenvalue weighted by atomic mass is 10.3. The number of carbonyl (C=O) groups is 1. The first-order valence-corrected chi connectivity index (χ1v) is 8.94. The van der Waals surface area contributed by atoms with Gasteiger partial charge in [-0.15, -0.1) is 0 Å². The number of nitrogens with zero attached hydrogens (tertiary/aromatic N) is 3. The summed E-state index contributed by atoms with van der Waals surface area (Å²) in [5.74, 6) is 1.69. The van der Waals surface area contributed by atoms with Gasteiger partial charge in [-0.05, 0) is 43.3 Å². The van der Waals surface area contributed by atoms with Gasteiger partial charge >= 0.3 is 5.69 Å². The van der Waals surface area contributed by atoms with Crippen LogP contribution in [0.25, 0.3) is 0 Å². The van der Waals surface area contributed by atoms with Crippen LogP contribution in [-0.2, 0) is 13.2 Å². The number of carbonyl (C=O) groups excluding carboxylic acids is 1. The van der Waals surface area contributed by atoms with Gasteiger partial charge in [0.25, 0.3) is 5.91 Å². The fourth-order valence-electron chi connectivity index (χ4n) is 2.47. The quantitative estimate of drug-likeness (QED) is 0.410. The smallest absolute Gasteiger partial charge is 0.306 e.